The summed E-state index contributed by atoms with van der Waals surface area (Å²) >= 11 is 0. The summed E-state index contributed by atoms with van der Waals surface area (Å²) in [6, 6.07) is 0.708. The first kappa shape index (κ1) is 13.4. The number of carbonyl (C=O) groups excluding carboxylic acids is 1. The van der Waals surface area contributed by atoms with Crippen LogP contribution in [0.3, 0.4) is 0 Å². The van der Waals surface area contributed by atoms with E-state index in [4.69, 9.17) is 4.52 Å². The Bertz CT molecular complexity index is 441. The predicted octanol–water partition coefficient (Wildman–Crippen LogP) is 1.18. The molecule has 100 valence electrons. The Morgan fingerprint density at radius 2 is 2.28 bits per heavy atom. The molecule has 6 heteroatoms. The SMILES string of the molecule is Cc1noc(C)c1CN1C(=O)C[C@H]2NCC[C@H]21.Cl. The second-order valence-electron chi connectivity index (χ2n) is 4.95. The first-order valence-corrected chi connectivity index (χ1v) is 6.11. The summed E-state index contributed by atoms with van der Waals surface area (Å²) < 4.78 is 5.15. The highest BCUT2D eigenvalue weighted by Crippen LogP contribution is 2.29. The Labute approximate surface area is 112 Å². The van der Waals surface area contributed by atoms with Gasteiger partial charge in [0.25, 0.3) is 0 Å². The summed E-state index contributed by atoms with van der Waals surface area (Å²) in [7, 11) is 0. The molecule has 2 aliphatic rings. The summed E-state index contributed by atoms with van der Waals surface area (Å²) in [5.74, 6) is 1.07. The highest BCUT2D eigenvalue weighted by Gasteiger charge is 2.42. The summed E-state index contributed by atoms with van der Waals surface area (Å²) in [5, 5.41) is 7.33. The molecule has 0 aromatic carbocycles. The van der Waals surface area contributed by atoms with Crippen LogP contribution in [-0.4, -0.2) is 34.6 Å². The van der Waals surface area contributed by atoms with Crippen molar-refractivity contribution in [3.05, 3.63) is 17.0 Å². The fourth-order valence-corrected chi connectivity index (χ4v) is 2.93. The average molecular weight is 272 g/mol. The maximum Gasteiger partial charge on any atom is 0.224 e. The summed E-state index contributed by atoms with van der Waals surface area (Å²) in [5.41, 5.74) is 1.95. The van der Waals surface area contributed by atoms with Crippen LogP contribution in [0.5, 0.6) is 0 Å². The van der Waals surface area contributed by atoms with Gasteiger partial charge in [-0.1, -0.05) is 5.16 Å². The van der Waals surface area contributed by atoms with E-state index in [-0.39, 0.29) is 18.3 Å². The van der Waals surface area contributed by atoms with Crippen molar-refractivity contribution in [1.29, 1.82) is 0 Å². The summed E-state index contributed by atoms with van der Waals surface area (Å²) in [4.78, 5) is 14.0. The Balaban J connectivity index is 0.00000120. The molecule has 5 nitrogen and oxygen atoms in total. The second-order valence-corrected chi connectivity index (χ2v) is 4.95. The van der Waals surface area contributed by atoms with Gasteiger partial charge in [-0.25, -0.2) is 0 Å². The molecule has 18 heavy (non-hydrogen) atoms. The summed E-state index contributed by atoms with van der Waals surface area (Å²) in [6.07, 6.45) is 1.69. The van der Waals surface area contributed by atoms with Crippen molar-refractivity contribution in [3.63, 3.8) is 0 Å². The number of hydrogen-bond donors (Lipinski definition) is 1. The molecule has 2 atom stereocenters. The van der Waals surface area contributed by atoms with E-state index in [1.165, 1.54) is 0 Å². The van der Waals surface area contributed by atoms with Gasteiger partial charge in [-0.3, -0.25) is 4.79 Å². The number of halogens is 1. The molecule has 1 aromatic rings. The zero-order chi connectivity index (χ0) is 12.0. The molecule has 0 saturated carbocycles. The van der Waals surface area contributed by atoms with Gasteiger partial charge < -0.3 is 14.7 Å². The third-order valence-corrected chi connectivity index (χ3v) is 3.94. The van der Waals surface area contributed by atoms with Crippen molar-refractivity contribution in [2.24, 2.45) is 0 Å². The van der Waals surface area contributed by atoms with Crippen LogP contribution in [0.4, 0.5) is 0 Å². The molecular formula is C12H18ClN3O2. The zero-order valence-corrected chi connectivity index (χ0v) is 11.4. The first-order valence-electron chi connectivity index (χ1n) is 6.11. The molecule has 1 aromatic heterocycles. The molecule has 0 radical (unpaired) electrons. The van der Waals surface area contributed by atoms with E-state index in [9.17, 15) is 4.79 Å². The van der Waals surface area contributed by atoms with Crippen LogP contribution in [0.15, 0.2) is 4.52 Å². The smallest absolute Gasteiger partial charge is 0.224 e. The van der Waals surface area contributed by atoms with E-state index in [1.54, 1.807) is 0 Å². The minimum atomic E-state index is 0. The van der Waals surface area contributed by atoms with E-state index < -0.39 is 0 Å². The molecule has 2 saturated heterocycles. The molecule has 0 spiro atoms. The van der Waals surface area contributed by atoms with Crippen molar-refractivity contribution < 1.29 is 9.32 Å². The lowest BCUT2D eigenvalue weighted by molar-refractivity contribution is -0.129. The largest absolute Gasteiger partial charge is 0.361 e. The minimum Gasteiger partial charge on any atom is -0.361 e. The second kappa shape index (κ2) is 4.90. The fourth-order valence-electron chi connectivity index (χ4n) is 2.93. The maximum absolute atomic E-state index is 12.0. The van der Waals surface area contributed by atoms with E-state index in [0.717, 1.165) is 30.0 Å². The molecule has 3 heterocycles. The maximum atomic E-state index is 12.0. The van der Waals surface area contributed by atoms with E-state index in [1.807, 2.05) is 18.7 Å². The topological polar surface area (TPSA) is 58.4 Å². The number of carbonyl (C=O) groups is 1. The minimum absolute atomic E-state index is 0. The Morgan fingerprint density at radius 3 is 2.94 bits per heavy atom. The van der Waals surface area contributed by atoms with Crippen LogP contribution in [0.2, 0.25) is 0 Å². The normalized spacial score (nSPS) is 26.3. The van der Waals surface area contributed by atoms with Gasteiger partial charge in [0.1, 0.15) is 5.76 Å². The fraction of sp³-hybridized carbons (Fsp3) is 0.667. The zero-order valence-electron chi connectivity index (χ0n) is 10.6. The quantitative estimate of drug-likeness (QED) is 0.877. The molecule has 1 N–H and O–H groups in total. The van der Waals surface area contributed by atoms with Crippen molar-refractivity contribution in [3.8, 4) is 0 Å². The van der Waals surface area contributed by atoms with Crippen LogP contribution < -0.4 is 5.32 Å². The number of rotatable bonds is 2. The molecule has 2 aliphatic heterocycles. The van der Waals surface area contributed by atoms with Crippen molar-refractivity contribution in [1.82, 2.24) is 15.4 Å². The van der Waals surface area contributed by atoms with E-state index in [2.05, 4.69) is 10.5 Å². The van der Waals surface area contributed by atoms with Gasteiger partial charge in [0.15, 0.2) is 0 Å². The third-order valence-electron chi connectivity index (χ3n) is 3.94. The lowest BCUT2D eigenvalue weighted by Gasteiger charge is -2.23. The lowest BCUT2D eigenvalue weighted by Crippen LogP contribution is -2.35. The highest BCUT2D eigenvalue weighted by atomic mass is 35.5. The molecule has 0 bridgehead atoms. The van der Waals surface area contributed by atoms with Crippen LogP contribution in [0.1, 0.15) is 29.9 Å². The van der Waals surface area contributed by atoms with Gasteiger partial charge in [0.05, 0.1) is 12.2 Å². The van der Waals surface area contributed by atoms with Crippen LogP contribution in [0.25, 0.3) is 0 Å². The number of likely N-dealkylation sites (tertiary alicyclic amines) is 1. The Kier molecular flexibility index (Phi) is 3.64. The number of amides is 1. The number of aryl methyl sites for hydroxylation is 2. The number of nitrogens with zero attached hydrogens (tertiary/aromatic N) is 2. The molecule has 0 unspecified atom stereocenters. The molecular weight excluding hydrogens is 254 g/mol. The van der Waals surface area contributed by atoms with Gasteiger partial charge in [-0.2, -0.15) is 0 Å². The Morgan fingerprint density at radius 1 is 1.50 bits per heavy atom. The number of aromatic nitrogens is 1. The van der Waals surface area contributed by atoms with Gasteiger partial charge >= 0.3 is 0 Å². The summed E-state index contributed by atoms with van der Waals surface area (Å²) in [6.45, 7) is 5.49. The standard InChI is InChI=1S/C12H17N3O2.ClH/c1-7-9(8(2)17-14-7)6-15-11-3-4-13-10(11)5-12(15)16;/h10-11,13H,3-6H2,1-2H3;1H/t10-,11-;/m1./s1. The predicted molar refractivity (Wildman–Crippen MR) is 68.6 cm³/mol. The number of hydrogen-bond acceptors (Lipinski definition) is 4. The van der Waals surface area contributed by atoms with Gasteiger partial charge in [0, 0.05) is 24.1 Å². The van der Waals surface area contributed by atoms with Gasteiger partial charge in [-0.15, -0.1) is 12.4 Å². The highest BCUT2D eigenvalue weighted by molar-refractivity contribution is 5.85. The van der Waals surface area contributed by atoms with Crippen LogP contribution >= 0.6 is 12.4 Å². The van der Waals surface area contributed by atoms with Crippen molar-refractivity contribution in [2.45, 2.75) is 45.3 Å². The lowest BCUT2D eigenvalue weighted by atomic mass is 10.1. The monoisotopic (exact) mass is 271 g/mol. The van der Waals surface area contributed by atoms with Crippen molar-refractivity contribution in [2.75, 3.05) is 6.54 Å². The van der Waals surface area contributed by atoms with Crippen molar-refractivity contribution >= 4 is 18.3 Å². The van der Waals surface area contributed by atoms with Gasteiger partial charge in [-0.05, 0) is 26.8 Å². The molecule has 3 rings (SSSR count). The van der Waals surface area contributed by atoms with Crippen LogP contribution in [-0.2, 0) is 11.3 Å². The molecule has 1 amide bonds. The Hall–Kier alpha value is -1.07. The average Bonchev–Trinajstić information content (AvgIpc) is 2.91. The molecule has 0 aliphatic carbocycles. The molecule has 2 fully saturated rings. The van der Waals surface area contributed by atoms with Crippen LogP contribution in [0, 0.1) is 13.8 Å². The number of nitrogens with one attached hydrogen (secondary N) is 1. The van der Waals surface area contributed by atoms with E-state index >= 15 is 0 Å². The first-order chi connectivity index (χ1) is 8.16. The van der Waals surface area contributed by atoms with E-state index in [0.29, 0.717) is 25.0 Å². The number of fused-ring (bicyclic) bond motifs is 1. The third kappa shape index (κ3) is 2.01. The van der Waals surface area contributed by atoms with Gasteiger partial charge in [0.2, 0.25) is 5.91 Å².